The van der Waals surface area contributed by atoms with Crippen LogP contribution in [0, 0.1) is 5.92 Å². The van der Waals surface area contributed by atoms with E-state index in [0.717, 1.165) is 43.0 Å². The Labute approximate surface area is 250 Å². The third-order valence-electron chi connectivity index (χ3n) is 7.97. The Morgan fingerprint density at radius 2 is 1.51 bits per heavy atom. The van der Waals surface area contributed by atoms with E-state index in [0.29, 0.717) is 19.1 Å². The van der Waals surface area contributed by atoms with Gasteiger partial charge in [0.2, 0.25) is 11.6 Å². The first-order valence-electron chi connectivity index (χ1n) is 16.7. The maximum atomic E-state index is 12.7. The first-order valence-corrected chi connectivity index (χ1v) is 16.7. The molecule has 0 unspecified atom stereocenters. The summed E-state index contributed by atoms with van der Waals surface area (Å²) < 4.78 is 19.3. The summed E-state index contributed by atoms with van der Waals surface area (Å²) in [7, 11) is 0. The van der Waals surface area contributed by atoms with Crippen LogP contribution in [0.25, 0.3) is 0 Å². The van der Waals surface area contributed by atoms with E-state index in [1.165, 1.54) is 90.4 Å². The smallest absolute Gasteiger partial charge is 0.417 e. The largest absolute Gasteiger partial charge is 0.446 e. The Morgan fingerprint density at radius 3 is 2.12 bits per heavy atom. The molecule has 7 nitrogen and oxygen atoms in total. The molecule has 0 spiro atoms. The predicted molar refractivity (Wildman–Crippen MR) is 163 cm³/mol. The van der Waals surface area contributed by atoms with Gasteiger partial charge in [-0.2, -0.15) is 0 Å². The van der Waals surface area contributed by atoms with Gasteiger partial charge in [-0.1, -0.05) is 103 Å². The van der Waals surface area contributed by atoms with Gasteiger partial charge in [-0.15, -0.1) is 0 Å². The summed E-state index contributed by atoms with van der Waals surface area (Å²) in [6, 6.07) is 5.80. The molecule has 1 aliphatic rings. The number of pyridine rings is 1. The normalized spacial score (nSPS) is 16.7. The Kier molecular flexibility index (Phi) is 19.4. The Hall–Kier alpha value is -1.99. The van der Waals surface area contributed by atoms with Crippen molar-refractivity contribution in [2.24, 2.45) is 5.92 Å². The molecule has 1 fully saturated rings. The van der Waals surface area contributed by atoms with Crippen LogP contribution in [0.15, 0.2) is 24.4 Å². The van der Waals surface area contributed by atoms with Gasteiger partial charge in [-0.05, 0) is 12.8 Å². The topological polar surface area (TPSA) is 69.0 Å². The van der Waals surface area contributed by atoms with Gasteiger partial charge in [0, 0.05) is 38.0 Å². The number of rotatable bonds is 23. The zero-order valence-electron chi connectivity index (χ0n) is 26.5. The van der Waals surface area contributed by atoms with Crippen molar-refractivity contribution in [3.8, 4) is 0 Å². The van der Waals surface area contributed by atoms with E-state index in [9.17, 15) is 9.59 Å². The summed E-state index contributed by atoms with van der Waals surface area (Å²) in [6.45, 7) is 9.06. The molecule has 1 aliphatic heterocycles. The molecule has 0 saturated carbocycles. The fourth-order valence-corrected chi connectivity index (χ4v) is 5.48. The molecule has 2 amide bonds. The molecule has 0 aliphatic carbocycles. The minimum absolute atomic E-state index is 0.149. The van der Waals surface area contributed by atoms with E-state index in [2.05, 4.69) is 18.4 Å². The van der Waals surface area contributed by atoms with Gasteiger partial charge in [0.15, 0.2) is 6.20 Å². The number of nitrogens with zero attached hydrogens (tertiary/aromatic N) is 2. The van der Waals surface area contributed by atoms with Crippen LogP contribution in [0.4, 0.5) is 4.79 Å². The number of aryl methyl sites for hydroxylation is 1. The molecule has 0 N–H and O–H groups in total. The van der Waals surface area contributed by atoms with Crippen LogP contribution >= 0.6 is 0 Å². The zero-order valence-corrected chi connectivity index (χ0v) is 26.5. The minimum atomic E-state index is -0.620. The molecule has 0 radical (unpaired) electrons. The second-order valence-corrected chi connectivity index (χ2v) is 11.8. The fraction of sp³-hybridized carbons (Fsp3) is 0.794. The Morgan fingerprint density at radius 1 is 0.878 bits per heavy atom. The van der Waals surface area contributed by atoms with Crippen molar-refractivity contribution < 1.29 is 28.4 Å². The number of ether oxygens (including phenoxy) is 3. The highest BCUT2D eigenvalue weighted by Crippen LogP contribution is 2.21. The average Bonchev–Trinajstić information content (AvgIpc) is 3.43. The third-order valence-corrected chi connectivity index (χ3v) is 7.97. The van der Waals surface area contributed by atoms with E-state index < -0.39 is 6.09 Å². The second-order valence-electron chi connectivity index (χ2n) is 11.8. The van der Waals surface area contributed by atoms with Gasteiger partial charge in [-0.3, -0.25) is 4.79 Å². The van der Waals surface area contributed by atoms with Crippen LogP contribution in [-0.2, 0) is 32.1 Å². The van der Waals surface area contributed by atoms with Crippen molar-refractivity contribution >= 4 is 12.0 Å². The standard InChI is InChI=1S/C34H59N2O5/c1-4-6-7-8-9-10-11-12-13-14-15-16-17-20-24-39-27-31-25-33(40-28-31)29-41-34(38)36(30(3)37)26-32-21-18-19-23-35(32)22-5-2/h18-19,21,23,31,33H,4-17,20,22,24-29H2,1-3H3/q+1/t31-,33-/m1/s1. The quantitative estimate of drug-likeness (QED) is 0.0985. The first-order chi connectivity index (χ1) is 20.0. The van der Waals surface area contributed by atoms with E-state index in [1.807, 2.05) is 24.4 Å². The molecule has 0 bridgehead atoms. The van der Waals surface area contributed by atoms with Crippen molar-refractivity contribution in [2.75, 3.05) is 26.4 Å². The minimum Gasteiger partial charge on any atom is -0.446 e. The highest BCUT2D eigenvalue weighted by molar-refractivity contribution is 5.90. The summed E-state index contributed by atoms with van der Waals surface area (Å²) >= 11 is 0. The molecule has 1 aromatic rings. The first kappa shape index (κ1) is 35.2. The van der Waals surface area contributed by atoms with Crippen molar-refractivity contribution in [2.45, 2.75) is 143 Å². The third kappa shape index (κ3) is 15.7. The molecule has 234 valence electrons. The summed E-state index contributed by atoms with van der Waals surface area (Å²) in [5, 5.41) is 0. The molecule has 2 rings (SSSR count). The number of carbonyl (C=O) groups is 2. The van der Waals surface area contributed by atoms with E-state index in [1.54, 1.807) is 0 Å². The van der Waals surface area contributed by atoms with Gasteiger partial charge < -0.3 is 14.2 Å². The molecule has 1 saturated heterocycles. The monoisotopic (exact) mass is 575 g/mol. The number of hydrogen-bond donors (Lipinski definition) is 0. The van der Waals surface area contributed by atoms with Crippen molar-refractivity contribution in [1.82, 2.24) is 4.90 Å². The maximum Gasteiger partial charge on any atom is 0.417 e. The molecule has 41 heavy (non-hydrogen) atoms. The van der Waals surface area contributed by atoms with Crippen LogP contribution in [0.1, 0.15) is 129 Å². The van der Waals surface area contributed by atoms with Crippen LogP contribution in [0.3, 0.4) is 0 Å². The maximum absolute atomic E-state index is 12.7. The number of aromatic nitrogens is 1. The van der Waals surface area contributed by atoms with Gasteiger partial charge in [0.25, 0.3) is 0 Å². The lowest BCUT2D eigenvalue weighted by molar-refractivity contribution is -0.704. The molecule has 0 aromatic carbocycles. The summed E-state index contributed by atoms with van der Waals surface area (Å²) in [6.07, 6.45) is 22.0. The van der Waals surface area contributed by atoms with E-state index in [4.69, 9.17) is 14.2 Å². The molecule has 2 heterocycles. The number of carbonyl (C=O) groups excluding carboxylic acids is 2. The van der Waals surface area contributed by atoms with Gasteiger partial charge in [0.1, 0.15) is 19.7 Å². The lowest BCUT2D eigenvalue weighted by Crippen LogP contribution is -2.44. The molecule has 2 atom stereocenters. The van der Waals surface area contributed by atoms with Gasteiger partial charge >= 0.3 is 6.09 Å². The number of imide groups is 1. The van der Waals surface area contributed by atoms with Gasteiger partial charge in [0.05, 0.1) is 19.3 Å². The average molecular weight is 576 g/mol. The number of unbranched alkanes of at least 4 members (excludes halogenated alkanes) is 13. The zero-order chi connectivity index (χ0) is 29.5. The molecule has 7 heteroatoms. The Balaban J connectivity index is 1.48. The number of amides is 2. The van der Waals surface area contributed by atoms with Crippen LogP contribution < -0.4 is 4.57 Å². The van der Waals surface area contributed by atoms with Crippen molar-refractivity contribution in [3.63, 3.8) is 0 Å². The SMILES string of the molecule is CCCCCCCCCCCCCCCCOC[C@@H]1CO[C@@H](COC(=O)N(Cc2cccc[n+]2CCC)C(C)=O)C1. The van der Waals surface area contributed by atoms with Crippen LogP contribution in [0.2, 0.25) is 0 Å². The molecular weight excluding hydrogens is 516 g/mol. The second kappa shape index (κ2) is 22.6. The molecule has 1 aromatic heterocycles. The van der Waals surface area contributed by atoms with Gasteiger partial charge in [-0.25, -0.2) is 14.3 Å². The summed E-state index contributed by atoms with van der Waals surface area (Å²) in [5.74, 6) is -0.00408. The Bertz CT molecular complexity index is 833. The highest BCUT2D eigenvalue weighted by Gasteiger charge is 2.29. The summed E-state index contributed by atoms with van der Waals surface area (Å²) in [5.41, 5.74) is 0.898. The van der Waals surface area contributed by atoms with Crippen molar-refractivity contribution in [1.29, 1.82) is 0 Å². The van der Waals surface area contributed by atoms with Crippen molar-refractivity contribution in [3.05, 3.63) is 30.1 Å². The lowest BCUT2D eigenvalue weighted by atomic mass is 10.0. The highest BCUT2D eigenvalue weighted by atomic mass is 16.6. The lowest BCUT2D eigenvalue weighted by Gasteiger charge is -2.19. The van der Waals surface area contributed by atoms with Crippen LogP contribution in [-0.4, -0.2) is 49.4 Å². The predicted octanol–water partition coefficient (Wildman–Crippen LogP) is 7.77. The van der Waals surface area contributed by atoms with Crippen LogP contribution in [0.5, 0.6) is 0 Å². The summed E-state index contributed by atoms with van der Waals surface area (Å²) in [4.78, 5) is 26.1. The number of hydrogen-bond acceptors (Lipinski definition) is 5. The van der Waals surface area contributed by atoms with E-state index >= 15 is 0 Å². The molecular formula is C34H59N2O5+. The fourth-order valence-electron chi connectivity index (χ4n) is 5.48. The van der Waals surface area contributed by atoms with E-state index in [-0.39, 0.29) is 25.2 Å².